The molecule has 0 unspecified atom stereocenters. The van der Waals surface area contributed by atoms with Gasteiger partial charge in [0.15, 0.2) is 11.5 Å². The molecule has 1 fully saturated rings. The van der Waals surface area contributed by atoms with Gasteiger partial charge in [-0.3, -0.25) is 4.79 Å². The first-order valence-electron chi connectivity index (χ1n) is 8.97. The zero-order chi connectivity index (χ0) is 18.1. The smallest absolute Gasteiger partial charge is 0.221 e. The molecule has 1 aromatic rings. The van der Waals surface area contributed by atoms with E-state index >= 15 is 0 Å². The van der Waals surface area contributed by atoms with E-state index in [1.54, 1.807) is 21.3 Å². The van der Waals surface area contributed by atoms with Crippen molar-refractivity contribution in [2.75, 3.05) is 27.9 Å². The highest BCUT2D eigenvalue weighted by atomic mass is 16.5. The molecular weight excluding hydrogens is 320 g/mol. The van der Waals surface area contributed by atoms with Crippen molar-refractivity contribution in [3.05, 3.63) is 17.7 Å². The molecule has 0 bridgehead atoms. The Labute approximate surface area is 150 Å². The molecular formula is C19H30N2O4. The Hall–Kier alpha value is -1.95. The van der Waals surface area contributed by atoms with Crippen molar-refractivity contribution in [3.63, 3.8) is 0 Å². The third-order valence-electron chi connectivity index (χ3n) is 4.55. The fourth-order valence-corrected chi connectivity index (χ4v) is 3.22. The average Bonchev–Trinajstić information content (AvgIpc) is 2.65. The Kier molecular flexibility index (Phi) is 7.85. The van der Waals surface area contributed by atoms with Crippen LogP contribution in [0.2, 0.25) is 0 Å². The summed E-state index contributed by atoms with van der Waals surface area (Å²) in [5, 5.41) is 6.43. The molecule has 6 heteroatoms. The molecule has 0 spiro atoms. The van der Waals surface area contributed by atoms with Crippen molar-refractivity contribution >= 4 is 5.91 Å². The number of hydrogen-bond donors (Lipinski definition) is 2. The van der Waals surface area contributed by atoms with Gasteiger partial charge in [-0.05, 0) is 30.5 Å². The SMILES string of the molecule is COc1cc(CNCCC(=O)NC2CCCCC2)cc(OC)c1OC. The van der Waals surface area contributed by atoms with Crippen molar-refractivity contribution in [2.45, 2.75) is 51.1 Å². The molecule has 140 valence electrons. The second-order valence-electron chi connectivity index (χ2n) is 6.36. The lowest BCUT2D eigenvalue weighted by atomic mass is 9.95. The van der Waals surface area contributed by atoms with Crippen LogP contribution in [0.5, 0.6) is 17.2 Å². The summed E-state index contributed by atoms with van der Waals surface area (Å²) in [5.41, 5.74) is 1.02. The summed E-state index contributed by atoms with van der Waals surface area (Å²) in [6.45, 7) is 1.27. The molecule has 1 amide bonds. The van der Waals surface area contributed by atoms with Crippen molar-refractivity contribution in [2.24, 2.45) is 0 Å². The second kappa shape index (κ2) is 10.1. The monoisotopic (exact) mass is 350 g/mol. The molecule has 2 N–H and O–H groups in total. The third-order valence-corrected chi connectivity index (χ3v) is 4.55. The zero-order valence-corrected chi connectivity index (χ0v) is 15.5. The summed E-state index contributed by atoms with van der Waals surface area (Å²) >= 11 is 0. The lowest BCUT2D eigenvalue weighted by Crippen LogP contribution is -2.37. The van der Waals surface area contributed by atoms with Gasteiger partial charge in [-0.15, -0.1) is 0 Å². The lowest BCUT2D eigenvalue weighted by molar-refractivity contribution is -0.121. The predicted octanol–water partition coefficient (Wildman–Crippen LogP) is 2.64. The zero-order valence-electron chi connectivity index (χ0n) is 15.5. The highest BCUT2D eigenvalue weighted by Crippen LogP contribution is 2.38. The lowest BCUT2D eigenvalue weighted by Gasteiger charge is -2.22. The van der Waals surface area contributed by atoms with E-state index in [-0.39, 0.29) is 5.91 Å². The molecule has 1 saturated carbocycles. The Balaban J connectivity index is 1.78. The minimum Gasteiger partial charge on any atom is -0.493 e. The van der Waals surface area contributed by atoms with E-state index in [1.807, 2.05) is 12.1 Å². The van der Waals surface area contributed by atoms with Crippen LogP contribution in [0, 0.1) is 0 Å². The van der Waals surface area contributed by atoms with Gasteiger partial charge in [-0.25, -0.2) is 0 Å². The van der Waals surface area contributed by atoms with Crippen LogP contribution in [0.1, 0.15) is 44.1 Å². The number of carbonyl (C=O) groups excluding carboxylic acids is 1. The molecule has 25 heavy (non-hydrogen) atoms. The number of amides is 1. The van der Waals surface area contributed by atoms with Crippen molar-refractivity contribution in [1.82, 2.24) is 10.6 Å². The van der Waals surface area contributed by atoms with Crippen molar-refractivity contribution < 1.29 is 19.0 Å². The molecule has 0 radical (unpaired) electrons. The van der Waals surface area contributed by atoms with Crippen molar-refractivity contribution in [3.8, 4) is 17.2 Å². The largest absolute Gasteiger partial charge is 0.493 e. The van der Waals surface area contributed by atoms with E-state index in [4.69, 9.17) is 14.2 Å². The minimum absolute atomic E-state index is 0.129. The minimum atomic E-state index is 0.129. The molecule has 1 aromatic carbocycles. The fraction of sp³-hybridized carbons (Fsp3) is 0.632. The van der Waals surface area contributed by atoms with Gasteiger partial charge < -0.3 is 24.8 Å². The molecule has 2 rings (SSSR count). The van der Waals surface area contributed by atoms with Gasteiger partial charge in [0.05, 0.1) is 21.3 Å². The van der Waals surface area contributed by atoms with Crippen molar-refractivity contribution in [1.29, 1.82) is 0 Å². The Morgan fingerprint density at radius 1 is 1.04 bits per heavy atom. The maximum Gasteiger partial charge on any atom is 0.221 e. The number of nitrogens with one attached hydrogen (secondary N) is 2. The van der Waals surface area contributed by atoms with Crippen LogP contribution in [0.25, 0.3) is 0 Å². The first-order valence-corrected chi connectivity index (χ1v) is 8.97. The third kappa shape index (κ3) is 5.81. The van der Waals surface area contributed by atoms with Gasteiger partial charge in [0, 0.05) is 25.6 Å². The van der Waals surface area contributed by atoms with Gasteiger partial charge in [0.1, 0.15) is 0 Å². The molecule has 0 atom stereocenters. The summed E-state index contributed by atoms with van der Waals surface area (Å²) in [7, 11) is 4.79. The molecule has 0 aliphatic heterocycles. The number of carbonyl (C=O) groups is 1. The summed E-state index contributed by atoms with van der Waals surface area (Å²) in [6.07, 6.45) is 6.47. The number of ether oxygens (including phenoxy) is 3. The molecule has 0 aromatic heterocycles. The highest BCUT2D eigenvalue weighted by molar-refractivity contribution is 5.76. The van der Waals surface area contributed by atoms with E-state index in [1.165, 1.54) is 19.3 Å². The molecule has 0 heterocycles. The maximum absolute atomic E-state index is 12.0. The molecule has 0 saturated heterocycles. The van der Waals surface area contributed by atoms with Crippen LogP contribution in [0.15, 0.2) is 12.1 Å². The standard InChI is InChI=1S/C19H30N2O4/c1-23-16-11-14(12-17(24-2)19(16)25-3)13-20-10-9-18(22)21-15-7-5-4-6-8-15/h11-12,15,20H,4-10,13H2,1-3H3,(H,21,22). The van der Waals surface area contributed by atoms with Crippen LogP contribution in [0.3, 0.4) is 0 Å². The Morgan fingerprint density at radius 3 is 2.24 bits per heavy atom. The molecule has 1 aliphatic rings. The second-order valence-corrected chi connectivity index (χ2v) is 6.36. The van der Waals surface area contributed by atoms with Crippen LogP contribution in [0.4, 0.5) is 0 Å². The van der Waals surface area contributed by atoms with Crippen LogP contribution >= 0.6 is 0 Å². The van der Waals surface area contributed by atoms with E-state index in [0.717, 1.165) is 18.4 Å². The summed E-state index contributed by atoms with van der Waals surface area (Å²) in [6, 6.07) is 4.20. The fourth-order valence-electron chi connectivity index (χ4n) is 3.22. The first-order chi connectivity index (χ1) is 12.2. The summed E-state index contributed by atoms with van der Waals surface area (Å²) < 4.78 is 16.0. The topological polar surface area (TPSA) is 68.8 Å². The van der Waals surface area contributed by atoms with Gasteiger partial charge in [0.2, 0.25) is 11.7 Å². The maximum atomic E-state index is 12.0. The highest BCUT2D eigenvalue weighted by Gasteiger charge is 2.15. The quantitative estimate of drug-likeness (QED) is 0.670. The van der Waals surface area contributed by atoms with E-state index in [9.17, 15) is 4.79 Å². The van der Waals surface area contributed by atoms with E-state index in [0.29, 0.717) is 42.8 Å². The summed E-state index contributed by atoms with van der Waals surface area (Å²) in [5.74, 6) is 1.98. The number of methoxy groups -OCH3 is 3. The molecule has 6 nitrogen and oxygen atoms in total. The van der Waals surface area contributed by atoms with Gasteiger partial charge >= 0.3 is 0 Å². The average molecular weight is 350 g/mol. The number of hydrogen-bond acceptors (Lipinski definition) is 5. The van der Waals surface area contributed by atoms with Crippen LogP contribution < -0.4 is 24.8 Å². The van der Waals surface area contributed by atoms with Gasteiger partial charge in [-0.1, -0.05) is 19.3 Å². The predicted molar refractivity (Wildman–Crippen MR) is 97.4 cm³/mol. The van der Waals surface area contributed by atoms with Gasteiger partial charge in [-0.2, -0.15) is 0 Å². The van der Waals surface area contributed by atoms with E-state index < -0.39 is 0 Å². The molecule has 1 aliphatic carbocycles. The normalized spacial score (nSPS) is 14.8. The number of benzene rings is 1. The van der Waals surface area contributed by atoms with E-state index in [2.05, 4.69) is 10.6 Å². The Bertz CT molecular complexity index is 531. The van der Waals surface area contributed by atoms with Gasteiger partial charge in [0.25, 0.3) is 0 Å². The van der Waals surface area contributed by atoms with Crippen LogP contribution in [-0.2, 0) is 11.3 Å². The van der Waals surface area contributed by atoms with Crippen LogP contribution in [-0.4, -0.2) is 39.8 Å². The summed E-state index contributed by atoms with van der Waals surface area (Å²) in [4.78, 5) is 12.0. The first kappa shape index (κ1) is 19.4. The number of rotatable bonds is 9. The Morgan fingerprint density at radius 2 is 1.68 bits per heavy atom.